The van der Waals surface area contributed by atoms with E-state index < -0.39 is 6.36 Å². The minimum absolute atomic E-state index is 0.0335. The predicted molar refractivity (Wildman–Crippen MR) is 138 cm³/mol. The van der Waals surface area contributed by atoms with Gasteiger partial charge in [0.15, 0.2) is 0 Å². The normalized spacial score (nSPS) is 24.6. The molecule has 2 saturated carbocycles. The van der Waals surface area contributed by atoms with Crippen LogP contribution in [0.3, 0.4) is 0 Å². The van der Waals surface area contributed by atoms with Gasteiger partial charge in [-0.1, -0.05) is 57.6 Å². The number of rotatable bonds is 10. The summed E-state index contributed by atoms with van der Waals surface area (Å²) < 4.78 is 61.7. The molecular formula is C31H40F4O2. The van der Waals surface area contributed by atoms with E-state index in [2.05, 4.69) is 11.7 Å². The Hall–Kier alpha value is -2.24. The summed E-state index contributed by atoms with van der Waals surface area (Å²) in [5.41, 5.74) is 1.48. The van der Waals surface area contributed by atoms with E-state index in [0.29, 0.717) is 17.2 Å². The van der Waals surface area contributed by atoms with Gasteiger partial charge in [0.1, 0.15) is 23.9 Å². The molecule has 0 N–H and O–H groups in total. The van der Waals surface area contributed by atoms with Crippen LogP contribution in [0.1, 0.15) is 101 Å². The van der Waals surface area contributed by atoms with Gasteiger partial charge < -0.3 is 9.47 Å². The Morgan fingerprint density at radius 3 is 2.19 bits per heavy atom. The Morgan fingerprint density at radius 1 is 0.811 bits per heavy atom. The molecule has 0 aromatic heterocycles. The van der Waals surface area contributed by atoms with E-state index in [0.717, 1.165) is 36.2 Å². The Balaban J connectivity index is 1.27. The SMILES string of the molecule is CCCCCC1CCC(C2CCC(c3cc(F)cc(OCc4cccc(OC(F)(F)F)c4)c3)CC2)CC1. The van der Waals surface area contributed by atoms with Crippen LogP contribution in [-0.4, -0.2) is 6.36 Å². The first-order valence-corrected chi connectivity index (χ1v) is 14.1. The van der Waals surface area contributed by atoms with Crippen LogP contribution in [0.25, 0.3) is 0 Å². The minimum atomic E-state index is -4.75. The quantitative estimate of drug-likeness (QED) is 0.229. The molecule has 2 aliphatic rings. The Morgan fingerprint density at radius 2 is 1.51 bits per heavy atom. The number of hydrogen-bond donors (Lipinski definition) is 0. The van der Waals surface area contributed by atoms with Crippen molar-refractivity contribution in [2.45, 2.75) is 103 Å². The molecule has 2 aliphatic carbocycles. The molecule has 0 radical (unpaired) electrons. The van der Waals surface area contributed by atoms with Gasteiger partial charge in [0, 0.05) is 6.07 Å². The van der Waals surface area contributed by atoms with Gasteiger partial charge >= 0.3 is 6.36 Å². The maximum absolute atomic E-state index is 14.4. The summed E-state index contributed by atoms with van der Waals surface area (Å²) in [5.74, 6) is 2.67. The molecule has 0 bridgehead atoms. The van der Waals surface area contributed by atoms with E-state index in [9.17, 15) is 17.6 Å². The fourth-order valence-corrected chi connectivity index (χ4v) is 6.46. The molecule has 2 nitrogen and oxygen atoms in total. The summed E-state index contributed by atoms with van der Waals surface area (Å²) in [6.07, 6.45) is 10.8. The summed E-state index contributed by atoms with van der Waals surface area (Å²) in [4.78, 5) is 0. The molecule has 0 saturated heterocycles. The van der Waals surface area contributed by atoms with E-state index in [1.165, 1.54) is 88.5 Å². The second-order valence-electron chi connectivity index (χ2n) is 11.1. The van der Waals surface area contributed by atoms with Crippen molar-refractivity contribution in [1.29, 1.82) is 0 Å². The van der Waals surface area contributed by atoms with Crippen molar-refractivity contribution in [3.05, 3.63) is 59.4 Å². The molecule has 2 fully saturated rings. The third kappa shape index (κ3) is 8.65. The minimum Gasteiger partial charge on any atom is -0.489 e. The lowest BCUT2D eigenvalue weighted by molar-refractivity contribution is -0.274. The van der Waals surface area contributed by atoms with Crippen LogP contribution in [0.5, 0.6) is 11.5 Å². The topological polar surface area (TPSA) is 18.5 Å². The van der Waals surface area contributed by atoms with Gasteiger partial charge in [-0.15, -0.1) is 13.2 Å². The van der Waals surface area contributed by atoms with Crippen molar-refractivity contribution in [3.8, 4) is 11.5 Å². The number of benzene rings is 2. The van der Waals surface area contributed by atoms with E-state index >= 15 is 0 Å². The smallest absolute Gasteiger partial charge is 0.489 e. The first-order chi connectivity index (χ1) is 17.8. The molecule has 0 spiro atoms. The summed E-state index contributed by atoms with van der Waals surface area (Å²) >= 11 is 0. The Bertz CT molecular complexity index is 973. The number of hydrogen-bond acceptors (Lipinski definition) is 2. The van der Waals surface area contributed by atoms with Crippen LogP contribution < -0.4 is 9.47 Å². The summed E-state index contributed by atoms with van der Waals surface area (Å²) in [6, 6.07) is 10.5. The van der Waals surface area contributed by atoms with Crippen LogP contribution in [-0.2, 0) is 6.61 Å². The van der Waals surface area contributed by atoms with E-state index in [1.807, 2.05) is 6.07 Å². The van der Waals surface area contributed by atoms with Gasteiger partial charge in [0.05, 0.1) is 0 Å². The highest BCUT2D eigenvalue weighted by Gasteiger charge is 2.32. The molecule has 2 aromatic carbocycles. The first-order valence-electron chi connectivity index (χ1n) is 14.1. The number of alkyl halides is 3. The molecular weight excluding hydrogens is 480 g/mol. The van der Waals surface area contributed by atoms with E-state index in [1.54, 1.807) is 12.1 Å². The van der Waals surface area contributed by atoms with Gasteiger partial charge in [-0.25, -0.2) is 4.39 Å². The van der Waals surface area contributed by atoms with Gasteiger partial charge in [0.2, 0.25) is 0 Å². The molecule has 0 atom stereocenters. The molecule has 0 heterocycles. The fourth-order valence-electron chi connectivity index (χ4n) is 6.46. The Labute approximate surface area is 218 Å². The maximum atomic E-state index is 14.4. The van der Waals surface area contributed by atoms with Gasteiger partial charge in [-0.3, -0.25) is 0 Å². The number of unbranched alkanes of at least 4 members (excludes halogenated alkanes) is 2. The van der Waals surface area contributed by atoms with Crippen molar-refractivity contribution in [2.24, 2.45) is 17.8 Å². The van der Waals surface area contributed by atoms with Crippen molar-refractivity contribution in [1.82, 2.24) is 0 Å². The van der Waals surface area contributed by atoms with Crippen molar-refractivity contribution < 1.29 is 27.0 Å². The number of halogens is 4. The molecule has 6 heteroatoms. The third-order valence-electron chi connectivity index (χ3n) is 8.45. The third-order valence-corrected chi connectivity index (χ3v) is 8.45. The lowest BCUT2D eigenvalue weighted by Crippen LogP contribution is -2.25. The largest absolute Gasteiger partial charge is 0.573 e. The van der Waals surface area contributed by atoms with Gasteiger partial charge in [-0.05, 0) is 97.6 Å². The molecule has 37 heavy (non-hydrogen) atoms. The predicted octanol–water partition coefficient (Wildman–Crippen LogP) is 9.96. The van der Waals surface area contributed by atoms with Crippen LogP contribution >= 0.6 is 0 Å². The van der Waals surface area contributed by atoms with E-state index in [4.69, 9.17) is 4.74 Å². The van der Waals surface area contributed by atoms with Gasteiger partial charge in [-0.2, -0.15) is 0 Å². The highest BCUT2D eigenvalue weighted by Crippen LogP contribution is 2.45. The highest BCUT2D eigenvalue weighted by atomic mass is 19.4. The first kappa shape index (κ1) is 27.8. The lowest BCUT2D eigenvalue weighted by Gasteiger charge is -2.38. The van der Waals surface area contributed by atoms with Gasteiger partial charge in [0.25, 0.3) is 0 Å². The molecule has 0 aliphatic heterocycles. The Kier molecular flexibility index (Phi) is 9.77. The van der Waals surface area contributed by atoms with Crippen molar-refractivity contribution in [3.63, 3.8) is 0 Å². The lowest BCUT2D eigenvalue weighted by atomic mass is 9.68. The second kappa shape index (κ2) is 13.0. The van der Waals surface area contributed by atoms with E-state index in [-0.39, 0.29) is 18.2 Å². The monoisotopic (exact) mass is 520 g/mol. The number of ether oxygens (including phenoxy) is 2. The van der Waals surface area contributed by atoms with Crippen molar-refractivity contribution >= 4 is 0 Å². The summed E-state index contributed by atoms with van der Waals surface area (Å²) in [7, 11) is 0. The highest BCUT2D eigenvalue weighted by molar-refractivity contribution is 5.33. The van der Waals surface area contributed by atoms with Crippen LogP contribution in [0.4, 0.5) is 17.6 Å². The standard InChI is InChI=1S/C31H40F4O2/c1-2-3-4-6-22-9-11-24(12-10-22)25-13-15-26(16-14-25)27-18-28(32)20-30(19-27)36-21-23-7-5-8-29(17-23)37-31(33,34)35/h5,7-8,17-20,22,24-26H,2-4,6,9-16,21H2,1H3. The molecule has 204 valence electrons. The zero-order chi connectivity index (χ0) is 26.3. The zero-order valence-electron chi connectivity index (χ0n) is 21.9. The summed E-state index contributed by atoms with van der Waals surface area (Å²) in [6.45, 7) is 2.30. The second-order valence-corrected chi connectivity index (χ2v) is 11.1. The average Bonchev–Trinajstić information content (AvgIpc) is 2.87. The van der Waals surface area contributed by atoms with Crippen molar-refractivity contribution in [2.75, 3.05) is 0 Å². The van der Waals surface area contributed by atoms with Crippen LogP contribution in [0.15, 0.2) is 42.5 Å². The van der Waals surface area contributed by atoms with Crippen LogP contribution in [0, 0.1) is 23.6 Å². The zero-order valence-corrected chi connectivity index (χ0v) is 21.9. The summed E-state index contributed by atoms with van der Waals surface area (Å²) in [5, 5.41) is 0. The van der Waals surface area contributed by atoms with Crippen LogP contribution in [0.2, 0.25) is 0 Å². The molecule has 0 unspecified atom stereocenters. The molecule has 0 amide bonds. The molecule has 2 aromatic rings. The average molecular weight is 521 g/mol. The molecule has 4 rings (SSSR count). The maximum Gasteiger partial charge on any atom is 0.573 e. The fraction of sp³-hybridized carbons (Fsp3) is 0.613.